The highest BCUT2D eigenvalue weighted by Gasteiger charge is 2.24. The highest BCUT2D eigenvalue weighted by Crippen LogP contribution is 2.27. The summed E-state index contributed by atoms with van der Waals surface area (Å²) in [4.78, 5) is 25.3. The Labute approximate surface area is 200 Å². The molecule has 1 unspecified atom stereocenters. The van der Waals surface area contributed by atoms with E-state index < -0.39 is 23.7 Å². The number of aromatic hydroxyl groups is 1. The number of fused-ring (bicyclic) bond motifs is 1. The Bertz CT molecular complexity index is 1370. The van der Waals surface area contributed by atoms with Gasteiger partial charge in [-0.1, -0.05) is 66.2 Å². The average molecular weight is 478 g/mol. The number of amides is 1. The van der Waals surface area contributed by atoms with E-state index in [-0.39, 0.29) is 22.8 Å². The molecular weight excluding hydrogens is 457 g/mol. The molecule has 0 aliphatic carbocycles. The summed E-state index contributed by atoms with van der Waals surface area (Å²) < 4.78 is 18.3. The Morgan fingerprint density at radius 2 is 1.62 bits per heavy atom. The van der Waals surface area contributed by atoms with Gasteiger partial charge >= 0.3 is 5.97 Å². The van der Waals surface area contributed by atoms with Crippen LogP contribution in [-0.4, -0.2) is 30.1 Å². The molecule has 1 atom stereocenters. The fourth-order valence-corrected chi connectivity index (χ4v) is 3.91. The van der Waals surface area contributed by atoms with E-state index in [1.807, 2.05) is 48.5 Å². The summed E-state index contributed by atoms with van der Waals surface area (Å²) in [6.45, 7) is 0. The highest BCUT2D eigenvalue weighted by molar-refractivity contribution is 6.31. The molecule has 0 fully saturated rings. The zero-order chi connectivity index (χ0) is 24.2. The molecule has 0 aliphatic rings. The number of hydrogen-bond acceptors (Lipinski definition) is 4. The maximum atomic E-state index is 13.4. The first-order valence-electron chi connectivity index (χ1n) is 10.5. The smallest absolute Gasteiger partial charge is 0.328 e. The van der Waals surface area contributed by atoms with Crippen molar-refractivity contribution in [1.82, 2.24) is 5.32 Å². The van der Waals surface area contributed by atoms with Crippen molar-refractivity contribution in [1.29, 1.82) is 0 Å². The third-order valence-electron chi connectivity index (χ3n) is 5.55. The van der Waals surface area contributed by atoms with Crippen LogP contribution in [0, 0.1) is 5.82 Å². The minimum atomic E-state index is -0.963. The van der Waals surface area contributed by atoms with Gasteiger partial charge in [-0.15, -0.1) is 0 Å². The Morgan fingerprint density at radius 3 is 2.26 bits per heavy atom. The van der Waals surface area contributed by atoms with Gasteiger partial charge in [0.15, 0.2) is 0 Å². The molecule has 0 spiro atoms. The van der Waals surface area contributed by atoms with Gasteiger partial charge in [0.1, 0.15) is 17.6 Å². The van der Waals surface area contributed by atoms with Crippen molar-refractivity contribution in [3.63, 3.8) is 0 Å². The number of hydrogen-bond donors (Lipinski definition) is 2. The summed E-state index contributed by atoms with van der Waals surface area (Å²) in [6.07, 6.45) is 0.178. The Kier molecular flexibility index (Phi) is 6.80. The lowest BCUT2D eigenvalue weighted by atomic mass is 10.00. The molecule has 0 saturated heterocycles. The van der Waals surface area contributed by atoms with Crippen LogP contribution in [0.1, 0.15) is 15.9 Å². The molecule has 0 aliphatic heterocycles. The highest BCUT2D eigenvalue weighted by atomic mass is 35.5. The summed E-state index contributed by atoms with van der Waals surface area (Å²) in [5.74, 6) is -1.86. The van der Waals surface area contributed by atoms with E-state index in [9.17, 15) is 19.1 Å². The zero-order valence-electron chi connectivity index (χ0n) is 18.2. The first-order chi connectivity index (χ1) is 16.4. The van der Waals surface area contributed by atoms with Crippen molar-refractivity contribution in [2.45, 2.75) is 12.5 Å². The molecule has 0 saturated carbocycles. The van der Waals surface area contributed by atoms with Gasteiger partial charge in [0.05, 0.1) is 17.7 Å². The van der Waals surface area contributed by atoms with Crippen LogP contribution >= 0.6 is 11.6 Å². The van der Waals surface area contributed by atoms with Crippen LogP contribution in [0.3, 0.4) is 0 Å². The number of rotatable bonds is 6. The molecule has 4 rings (SSSR count). The second kappa shape index (κ2) is 9.93. The topological polar surface area (TPSA) is 75.6 Å². The van der Waals surface area contributed by atoms with Crippen molar-refractivity contribution in [3.8, 4) is 16.9 Å². The van der Waals surface area contributed by atoms with Crippen molar-refractivity contribution in [3.05, 3.63) is 101 Å². The molecule has 5 nitrogen and oxygen atoms in total. The molecule has 0 heterocycles. The van der Waals surface area contributed by atoms with E-state index in [2.05, 4.69) is 5.32 Å². The van der Waals surface area contributed by atoms with Crippen LogP contribution in [0.5, 0.6) is 5.75 Å². The molecule has 2 N–H and O–H groups in total. The van der Waals surface area contributed by atoms with Gasteiger partial charge in [-0.2, -0.15) is 0 Å². The van der Waals surface area contributed by atoms with Crippen LogP contribution in [-0.2, 0) is 16.0 Å². The molecule has 34 heavy (non-hydrogen) atoms. The third-order valence-corrected chi connectivity index (χ3v) is 5.84. The fourth-order valence-electron chi connectivity index (χ4n) is 3.73. The lowest BCUT2D eigenvalue weighted by Crippen LogP contribution is -2.43. The second-order valence-corrected chi connectivity index (χ2v) is 8.20. The summed E-state index contributed by atoms with van der Waals surface area (Å²) >= 11 is 5.87. The van der Waals surface area contributed by atoms with Crippen molar-refractivity contribution >= 4 is 34.2 Å². The largest absolute Gasteiger partial charge is 0.507 e. The van der Waals surface area contributed by atoms with Gasteiger partial charge in [-0.05, 0) is 51.7 Å². The number of carbonyl (C=O) groups excluding carboxylic acids is 2. The molecule has 4 aromatic carbocycles. The second-order valence-electron chi connectivity index (χ2n) is 7.80. The van der Waals surface area contributed by atoms with Gasteiger partial charge < -0.3 is 15.2 Å². The molecule has 0 aromatic heterocycles. The van der Waals surface area contributed by atoms with Gasteiger partial charge in [0, 0.05) is 6.42 Å². The van der Waals surface area contributed by atoms with E-state index >= 15 is 0 Å². The average Bonchev–Trinajstić information content (AvgIpc) is 2.84. The van der Waals surface area contributed by atoms with Crippen LogP contribution in [0.25, 0.3) is 21.9 Å². The zero-order valence-corrected chi connectivity index (χ0v) is 19.0. The summed E-state index contributed by atoms with van der Waals surface area (Å²) in [5.41, 5.74) is 2.42. The van der Waals surface area contributed by atoms with Gasteiger partial charge in [0.25, 0.3) is 5.91 Å². The minimum absolute atomic E-state index is 0.0342. The summed E-state index contributed by atoms with van der Waals surface area (Å²) in [5, 5.41) is 14.6. The number of benzene rings is 4. The van der Waals surface area contributed by atoms with Crippen LogP contribution in [0.15, 0.2) is 78.9 Å². The lowest BCUT2D eigenvalue weighted by Gasteiger charge is -2.17. The number of methoxy groups -OCH3 is 1. The van der Waals surface area contributed by atoms with E-state index in [0.29, 0.717) is 0 Å². The summed E-state index contributed by atoms with van der Waals surface area (Å²) in [7, 11) is 1.25. The SMILES string of the molecule is COC(=O)C(Cc1ccc(-c2ccc(F)c(Cl)c2)cc1)NC(=O)c1cc2ccccc2cc1O. The third kappa shape index (κ3) is 5.02. The number of ether oxygens (including phenoxy) is 1. The molecule has 0 radical (unpaired) electrons. The van der Waals surface area contributed by atoms with Crippen LogP contribution in [0.4, 0.5) is 4.39 Å². The standard InChI is InChI=1S/C27H21ClFNO4/c1-34-27(33)24(30-26(32)21-13-18-4-2-3-5-19(18)15-25(21)31)12-16-6-8-17(9-7-16)20-10-11-23(29)22(28)14-20/h2-11,13-15,24,31H,12H2,1H3,(H,30,32). The van der Waals surface area contributed by atoms with Crippen LogP contribution < -0.4 is 5.32 Å². The predicted octanol–water partition coefficient (Wildman–Crippen LogP) is 5.52. The Hall–Kier alpha value is -3.90. The minimum Gasteiger partial charge on any atom is -0.507 e. The first kappa shape index (κ1) is 23.3. The quantitative estimate of drug-likeness (QED) is 0.358. The Balaban J connectivity index is 1.53. The normalized spacial score (nSPS) is 11.7. The predicted molar refractivity (Wildman–Crippen MR) is 129 cm³/mol. The molecule has 7 heteroatoms. The lowest BCUT2D eigenvalue weighted by molar-refractivity contribution is -0.142. The number of halogens is 2. The van der Waals surface area contributed by atoms with E-state index in [0.717, 1.165) is 27.5 Å². The van der Waals surface area contributed by atoms with Crippen molar-refractivity contribution in [2.24, 2.45) is 0 Å². The number of phenols is 1. The van der Waals surface area contributed by atoms with E-state index in [1.54, 1.807) is 18.2 Å². The van der Waals surface area contributed by atoms with Gasteiger partial charge in [-0.25, -0.2) is 9.18 Å². The van der Waals surface area contributed by atoms with Gasteiger partial charge in [0.2, 0.25) is 0 Å². The van der Waals surface area contributed by atoms with E-state index in [1.165, 1.54) is 19.2 Å². The maximum Gasteiger partial charge on any atom is 0.328 e. The first-order valence-corrected chi connectivity index (χ1v) is 10.9. The molecular formula is C27H21ClFNO4. The Morgan fingerprint density at radius 1 is 0.971 bits per heavy atom. The van der Waals surface area contributed by atoms with E-state index in [4.69, 9.17) is 16.3 Å². The number of phenolic OH excluding ortho intramolecular Hbond substituents is 1. The van der Waals surface area contributed by atoms with Gasteiger partial charge in [-0.3, -0.25) is 4.79 Å². The fraction of sp³-hybridized carbons (Fsp3) is 0.111. The molecule has 0 bridgehead atoms. The summed E-state index contributed by atoms with van der Waals surface area (Å²) in [6, 6.07) is 21.2. The number of esters is 1. The molecule has 172 valence electrons. The van der Waals surface area contributed by atoms with Crippen molar-refractivity contribution < 1.29 is 23.8 Å². The number of nitrogens with one attached hydrogen (secondary N) is 1. The monoisotopic (exact) mass is 477 g/mol. The van der Waals surface area contributed by atoms with Crippen molar-refractivity contribution in [2.75, 3.05) is 7.11 Å². The number of carbonyl (C=O) groups is 2. The van der Waals surface area contributed by atoms with Crippen LogP contribution in [0.2, 0.25) is 5.02 Å². The maximum absolute atomic E-state index is 13.4. The molecule has 1 amide bonds. The molecule has 4 aromatic rings.